The summed E-state index contributed by atoms with van der Waals surface area (Å²) < 4.78 is 25.7. The van der Waals surface area contributed by atoms with Crippen LogP contribution >= 0.6 is 0 Å². The van der Waals surface area contributed by atoms with Crippen molar-refractivity contribution in [3.05, 3.63) is 27.0 Å². The van der Waals surface area contributed by atoms with E-state index < -0.39 is 26.2 Å². The first-order chi connectivity index (χ1) is 7.83. The molecule has 0 radical (unpaired) electrons. The predicted octanol–water partition coefficient (Wildman–Crippen LogP) is -0.612. The smallest absolute Gasteiger partial charge is 0.313 e. The van der Waals surface area contributed by atoms with Crippen molar-refractivity contribution in [3.63, 3.8) is 0 Å². The molecular weight excluding hydrogens is 246 g/mol. The van der Waals surface area contributed by atoms with Crippen molar-refractivity contribution in [3.8, 4) is 0 Å². The Morgan fingerprint density at radius 2 is 2.00 bits per heavy atom. The number of aromatic nitrogens is 2. The standard InChI is InChI=1S/C9H15N3O4S/c1-6(2)3-4-11-17(15,16)7-5-10-9(14)12-8(7)13/h5-6,11H,3-4H2,1-2H3,(H2,10,12,13,14). The van der Waals surface area contributed by atoms with Gasteiger partial charge in [0.25, 0.3) is 5.56 Å². The molecule has 0 bridgehead atoms. The van der Waals surface area contributed by atoms with Crippen molar-refractivity contribution >= 4 is 10.0 Å². The molecular formula is C9H15N3O4S. The zero-order valence-corrected chi connectivity index (χ0v) is 10.4. The first kappa shape index (κ1) is 13.7. The molecule has 0 amide bonds. The van der Waals surface area contributed by atoms with Crippen LogP contribution in [0.2, 0.25) is 0 Å². The fourth-order valence-electron chi connectivity index (χ4n) is 1.16. The number of sulfonamides is 1. The van der Waals surface area contributed by atoms with Crippen LogP contribution in [0.3, 0.4) is 0 Å². The molecule has 0 aromatic carbocycles. The van der Waals surface area contributed by atoms with Crippen LogP contribution in [-0.2, 0) is 10.0 Å². The number of hydrogen-bond donors (Lipinski definition) is 3. The van der Waals surface area contributed by atoms with E-state index in [1.807, 2.05) is 18.8 Å². The Morgan fingerprint density at radius 3 is 2.53 bits per heavy atom. The molecule has 1 aromatic heterocycles. The van der Waals surface area contributed by atoms with Gasteiger partial charge in [0, 0.05) is 12.7 Å². The number of hydrogen-bond acceptors (Lipinski definition) is 4. The Morgan fingerprint density at radius 1 is 1.35 bits per heavy atom. The average Bonchev–Trinajstić information content (AvgIpc) is 2.15. The largest absolute Gasteiger partial charge is 0.325 e. The minimum absolute atomic E-state index is 0.249. The second kappa shape index (κ2) is 5.28. The molecule has 0 saturated carbocycles. The van der Waals surface area contributed by atoms with Crippen LogP contribution in [0.1, 0.15) is 20.3 Å². The molecule has 1 heterocycles. The molecule has 0 aliphatic rings. The van der Waals surface area contributed by atoms with Gasteiger partial charge in [-0.25, -0.2) is 17.9 Å². The maximum atomic E-state index is 11.7. The van der Waals surface area contributed by atoms with Gasteiger partial charge in [-0.05, 0) is 12.3 Å². The summed E-state index contributed by atoms with van der Waals surface area (Å²) in [6, 6.07) is 0. The van der Waals surface area contributed by atoms with Gasteiger partial charge in [0.15, 0.2) is 4.90 Å². The van der Waals surface area contributed by atoms with Gasteiger partial charge in [-0.1, -0.05) is 13.8 Å². The average molecular weight is 261 g/mol. The Bertz CT molecular complexity index is 585. The second-order valence-electron chi connectivity index (χ2n) is 4.02. The maximum Gasteiger partial charge on any atom is 0.325 e. The van der Waals surface area contributed by atoms with Crippen molar-refractivity contribution in [1.29, 1.82) is 0 Å². The van der Waals surface area contributed by atoms with Gasteiger partial charge in [-0.3, -0.25) is 9.78 Å². The number of H-pyrrole nitrogens is 2. The molecule has 0 fully saturated rings. The fraction of sp³-hybridized carbons (Fsp3) is 0.556. The summed E-state index contributed by atoms with van der Waals surface area (Å²) in [5.41, 5.74) is -1.66. The quantitative estimate of drug-likeness (QED) is 0.656. The minimum Gasteiger partial charge on any atom is -0.313 e. The van der Waals surface area contributed by atoms with E-state index in [9.17, 15) is 18.0 Å². The SMILES string of the molecule is CC(C)CCNS(=O)(=O)c1c[nH]c(=O)[nH]c1=O. The van der Waals surface area contributed by atoms with Crippen LogP contribution in [0.4, 0.5) is 0 Å². The summed E-state index contributed by atoms with van der Waals surface area (Å²) in [5, 5.41) is 0. The van der Waals surface area contributed by atoms with Crippen molar-refractivity contribution < 1.29 is 8.42 Å². The molecule has 7 nitrogen and oxygen atoms in total. The lowest BCUT2D eigenvalue weighted by Crippen LogP contribution is -2.33. The topological polar surface area (TPSA) is 112 Å². The van der Waals surface area contributed by atoms with Gasteiger partial charge in [-0.15, -0.1) is 0 Å². The van der Waals surface area contributed by atoms with Crippen LogP contribution in [0.15, 0.2) is 20.7 Å². The summed E-state index contributed by atoms with van der Waals surface area (Å²) in [6.45, 7) is 4.17. The van der Waals surface area contributed by atoms with E-state index in [1.165, 1.54) is 0 Å². The van der Waals surface area contributed by atoms with Gasteiger partial charge in [0.2, 0.25) is 10.0 Å². The highest BCUT2D eigenvalue weighted by molar-refractivity contribution is 7.89. The first-order valence-corrected chi connectivity index (χ1v) is 6.63. The lowest BCUT2D eigenvalue weighted by atomic mass is 10.1. The van der Waals surface area contributed by atoms with E-state index in [-0.39, 0.29) is 6.54 Å². The monoisotopic (exact) mass is 261 g/mol. The lowest BCUT2D eigenvalue weighted by Gasteiger charge is -2.07. The van der Waals surface area contributed by atoms with Crippen LogP contribution in [0.5, 0.6) is 0 Å². The van der Waals surface area contributed by atoms with Crippen molar-refractivity contribution in [2.45, 2.75) is 25.2 Å². The molecule has 0 aliphatic heterocycles. The molecule has 8 heteroatoms. The normalized spacial score (nSPS) is 11.9. The number of rotatable bonds is 5. The fourth-order valence-corrected chi connectivity index (χ4v) is 2.21. The highest BCUT2D eigenvalue weighted by atomic mass is 32.2. The van der Waals surface area contributed by atoms with Gasteiger partial charge in [0.05, 0.1) is 0 Å². The van der Waals surface area contributed by atoms with Crippen LogP contribution in [0, 0.1) is 5.92 Å². The third-order valence-electron chi connectivity index (χ3n) is 2.09. The number of aromatic amines is 2. The van der Waals surface area contributed by atoms with E-state index >= 15 is 0 Å². The summed E-state index contributed by atoms with van der Waals surface area (Å²) in [7, 11) is -3.87. The molecule has 0 saturated heterocycles. The Labute approximate surface area is 98.3 Å². The van der Waals surface area contributed by atoms with Crippen molar-refractivity contribution in [1.82, 2.24) is 14.7 Å². The predicted molar refractivity (Wildman–Crippen MR) is 62.3 cm³/mol. The van der Waals surface area contributed by atoms with Crippen molar-refractivity contribution in [2.24, 2.45) is 5.92 Å². The molecule has 17 heavy (non-hydrogen) atoms. The molecule has 3 N–H and O–H groups in total. The molecule has 1 aromatic rings. The van der Waals surface area contributed by atoms with Gasteiger partial charge >= 0.3 is 5.69 Å². The van der Waals surface area contributed by atoms with Gasteiger partial charge in [-0.2, -0.15) is 0 Å². The lowest BCUT2D eigenvalue weighted by molar-refractivity contribution is 0.550. The summed E-state index contributed by atoms with van der Waals surface area (Å²) in [6.07, 6.45) is 1.55. The number of nitrogens with one attached hydrogen (secondary N) is 3. The van der Waals surface area contributed by atoms with E-state index in [0.29, 0.717) is 12.3 Å². The highest BCUT2D eigenvalue weighted by Gasteiger charge is 2.18. The van der Waals surface area contributed by atoms with Crippen molar-refractivity contribution in [2.75, 3.05) is 6.54 Å². The first-order valence-electron chi connectivity index (χ1n) is 5.14. The van der Waals surface area contributed by atoms with Gasteiger partial charge in [0.1, 0.15) is 0 Å². The second-order valence-corrected chi connectivity index (χ2v) is 5.75. The zero-order valence-electron chi connectivity index (χ0n) is 9.61. The molecule has 96 valence electrons. The molecule has 1 rings (SSSR count). The Hall–Kier alpha value is -1.41. The third kappa shape index (κ3) is 3.82. The van der Waals surface area contributed by atoms with E-state index in [2.05, 4.69) is 9.71 Å². The highest BCUT2D eigenvalue weighted by Crippen LogP contribution is 2.01. The Kier molecular flexibility index (Phi) is 4.24. The van der Waals surface area contributed by atoms with Crippen LogP contribution in [-0.4, -0.2) is 24.9 Å². The molecule has 0 spiro atoms. The maximum absolute atomic E-state index is 11.7. The van der Waals surface area contributed by atoms with E-state index in [0.717, 1.165) is 6.20 Å². The summed E-state index contributed by atoms with van der Waals surface area (Å²) in [5.74, 6) is 0.353. The molecule has 0 atom stereocenters. The van der Waals surface area contributed by atoms with Crippen LogP contribution in [0.25, 0.3) is 0 Å². The molecule has 0 unspecified atom stereocenters. The minimum atomic E-state index is -3.87. The summed E-state index contributed by atoms with van der Waals surface area (Å²) >= 11 is 0. The van der Waals surface area contributed by atoms with E-state index in [4.69, 9.17) is 0 Å². The molecule has 0 aliphatic carbocycles. The third-order valence-corrected chi connectivity index (χ3v) is 3.55. The van der Waals surface area contributed by atoms with Crippen LogP contribution < -0.4 is 16.0 Å². The zero-order chi connectivity index (χ0) is 13.1. The summed E-state index contributed by atoms with van der Waals surface area (Å²) in [4.78, 5) is 25.5. The Balaban J connectivity index is 2.90. The van der Waals surface area contributed by atoms with E-state index in [1.54, 1.807) is 0 Å². The van der Waals surface area contributed by atoms with Gasteiger partial charge < -0.3 is 4.98 Å².